The zero-order valence-corrected chi connectivity index (χ0v) is 19.1. The summed E-state index contributed by atoms with van der Waals surface area (Å²) < 4.78 is 10.6. The van der Waals surface area contributed by atoms with E-state index in [0.29, 0.717) is 19.6 Å². The number of anilines is 1. The van der Waals surface area contributed by atoms with Crippen LogP contribution in [0.4, 0.5) is 10.5 Å². The Balaban J connectivity index is 1.33. The summed E-state index contributed by atoms with van der Waals surface area (Å²) in [6, 6.07) is 16.5. The number of piperazine rings is 1. The van der Waals surface area contributed by atoms with Crippen LogP contribution in [0.15, 0.2) is 48.5 Å². The lowest BCUT2D eigenvalue weighted by atomic mass is 10.1. The number of rotatable bonds is 7. The molecule has 2 aliphatic heterocycles. The van der Waals surface area contributed by atoms with Gasteiger partial charge in [-0.2, -0.15) is 0 Å². The molecule has 2 aromatic carbocycles. The summed E-state index contributed by atoms with van der Waals surface area (Å²) in [6.45, 7) is 5.81. The summed E-state index contributed by atoms with van der Waals surface area (Å²) in [4.78, 5) is 19.6. The Kier molecular flexibility index (Phi) is 7.37. The normalized spacial score (nSPS) is 17.8. The molecule has 2 aromatic rings. The van der Waals surface area contributed by atoms with Gasteiger partial charge in [-0.1, -0.05) is 18.2 Å². The lowest BCUT2D eigenvalue weighted by molar-refractivity contribution is 0.185. The van der Waals surface area contributed by atoms with Gasteiger partial charge in [-0.25, -0.2) is 4.79 Å². The summed E-state index contributed by atoms with van der Waals surface area (Å²) in [7, 11) is 3.37. The number of hydrogen-bond acceptors (Lipinski definition) is 5. The number of likely N-dealkylation sites (tertiary alicyclic amines) is 1. The van der Waals surface area contributed by atoms with E-state index in [-0.39, 0.29) is 12.1 Å². The van der Waals surface area contributed by atoms with Crippen molar-refractivity contribution < 1.29 is 14.3 Å². The molecule has 0 saturated carbocycles. The Labute approximate surface area is 190 Å². The average Bonchev–Trinajstić information content (AvgIpc) is 3.39. The fraction of sp³-hybridized carbons (Fsp3) is 0.480. The number of carbonyl (C=O) groups excluding carboxylic acids is 1. The van der Waals surface area contributed by atoms with E-state index in [2.05, 4.69) is 33.3 Å². The highest BCUT2D eigenvalue weighted by molar-refractivity contribution is 5.74. The average molecular weight is 439 g/mol. The lowest BCUT2D eigenvalue weighted by Gasteiger charge is -2.36. The van der Waals surface area contributed by atoms with Gasteiger partial charge in [0.05, 0.1) is 20.3 Å². The van der Waals surface area contributed by atoms with Crippen LogP contribution < -0.4 is 19.7 Å². The smallest absolute Gasteiger partial charge is 0.317 e. The first kappa shape index (κ1) is 22.3. The number of amides is 2. The van der Waals surface area contributed by atoms with Gasteiger partial charge >= 0.3 is 6.03 Å². The number of benzene rings is 2. The van der Waals surface area contributed by atoms with E-state index < -0.39 is 0 Å². The number of carbonyl (C=O) groups is 1. The van der Waals surface area contributed by atoms with E-state index in [0.717, 1.165) is 43.4 Å². The van der Waals surface area contributed by atoms with Gasteiger partial charge in [0.1, 0.15) is 11.5 Å². The van der Waals surface area contributed by atoms with Gasteiger partial charge in [0.15, 0.2) is 0 Å². The van der Waals surface area contributed by atoms with Crippen molar-refractivity contribution in [2.45, 2.75) is 18.9 Å². The topological polar surface area (TPSA) is 57.3 Å². The molecule has 0 radical (unpaired) electrons. The molecular weight excluding hydrogens is 404 g/mol. The summed E-state index contributed by atoms with van der Waals surface area (Å²) in [6.07, 6.45) is 2.43. The van der Waals surface area contributed by atoms with Crippen LogP contribution in [0.1, 0.15) is 24.4 Å². The first-order valence-electron chi connectivity index (χ1n) is 11.5. The first-order valence-corrected chi connectivity index (χ1v) is 11.5. The van der Waals surface area contributed by atoms with Crippen LogP contribution >= 0.6 is 0 Å². The standard InChI is InChI=1S/C25H34N4O3/c1-31-22-10-8-20(9-11-22)24(28-12-3-4-13-28)19-26-25(30)29-16-14-27(15-17-29)21-6-5-7-23(18-21)32-2/h5-11,18,24H,3-4,12-17,19H2,1-2H3,(H,26,30). The molecular formula is C25H34N4O3. The van der Waals surface area contributed by atoms with Gasteiger partial charge in [0, 0.05) is 44.5 Å². The Morgan fingerprint density at radius 2 is 1.59 bits per heavy atom. The van der Waals surface area contributed by atoms with Crippen LogP contribution in [0.2, 0.25) is 0 Å². The highest BCUT2D eigenvalue weighted by Crippen LogP contribution is 2.26. The van der Waals surface area contributed by atoms with E-state index in [1.165, 1.54) is 18.4 Å². The molecule has 0 aliphatic carbocycles. The predicted octanol–water partition coefficient (Wildman–Crippen LogP) is 3.37. The third-order valence-corrected chi connectivity index (χ3v) is 6.51. The van der Waals surface area contributed by atoms with Crippen molar-refractivity contribution in [3.63, 3.8) is 0 Å². The van der Waals surface area contributed by atoms with Crippen LogP contribution in [0.25, 0.3) is 0 Å². The van der Waals surface area contributed by atoms with Crippen molar-refractivity contribution >= 4 is 11.7 Å². The van der Waals surface area contributed by atoms with Crippen LogP contribution in [0.5, 0.6) is 11.5 Å². The molecule has 32 heavy (non-hydrogen) atoms. The summed E-state index contributed by atoms with van der Waals surface area (Å²) in [5, 5.41) is 3.20. The van der Waals surface area contributed by atoms with Crippen LogP contribution in [-0.2, 0) is 0 Å². The van der Waals surface area contributed by atoms with Crippen LogP contribution in [0, 0.1) is 0 Å². The number of hydrogen-bond donors (Lipinski definition) is 1. The number of methoxy groups -OCH3 is 2. The van der Waals surface area contributed by atoms with E-state index in [1.807, 2.05) is 35.2 Å². The highest BCUT2D eigenvalue weighted by atomic mass is 16.5. The SMILES string of the molecule is COc1ccc(C(CNC(=O)N2CCN(c3cccc(OC)c3)CC2)N2CCCC2)cc1. The molecule has 7 heteroatoms. The Morgan fingerprint density at radius 1 is 0.906 bits per heavy atom. The number of urea groups is 1. The van der Waals surface area contributed by atoms with Crippen LogP contribution in [-0.4, -0.2) is 75.9 Å². The van der Waals surface area contributed by atoms with Gasteiger partial charge in [-0.3, -0.25) is 4.90 Å². The van der Waals surface area contributed by atoms with Crippen molar-refractivity contribution in [1.29, 1.82) is 0 Å². The van der Waals surface area contributed by atoms with Gasteiger partial charge in [-0.05, 0) is 55.8 Å². The minimum atomic E-state index is 0.0213. The van der Waals surface area contributed by atoms with E-state index >= 15 is 0 Å². The molecule has 7 nitrogen and oxygen atoms in total. The molecule has 2 fully saturated rings. The van der Waals surface area contributed by atoms with Gasteiger partial charge in [0.25, 0.3) is 0 Å². The molecule has 4 rings (SSSR count). The van der Waals surface area contributed by atoms with Crippen molar-refractivity contribution in [3.8, 4) is 11.5 Å². The van der Waals surface area contributed by atoms with Crippen molar-refractivity contribution in [3.05, 3.63) is 54.1 Å². The molecule has 2 aliphatic rings. The van der Waals surface area contributed by atoms with Gasteiger partial charge in [-0.15, -0.1) is 0 Å². The summed E-state index contributed by atoms with van der Waals surface area (Å²) in [5.41, 5.74) is 2.36. The maximum Gasteiger partial charge on any atom is 0.317 e. The molecule has 0 spiro atoms. The van der Waals surface area contributed by atoms with Crippen molar-refractivity contribution in [2.75, 3.05) is 64.9 Å². The second-order valence-corrected chi connectivity index (χ2v) is 8.39. The number of nitrogens with one attached hydrogen (secondary N) is 1. The Morgan fingerprint density at radius 3 is 2.25 bits per heavy atom. The van der Waals surface area contributed by atoms with Gasteiger partial charge < -0.3 is 24.6 Å². The summed E-state index contributed by atoms with van der Waals surface area (Å²) >= 11 is 0. The van der Waals surface area contributed by atoms with E-state index in [1.54, 1.807) is 14.2 Å². The maximum absolute atomic E-state index is 12.9. The lowest BCUT2D eigenvalue weighted by Crippen LogP contribution is -2.52. The molecule has 2 saturated heterocycles. The largest absolute Gasteiger partial charge is 0.497 e. The molecule has 1 N–H and O–H groups in total. The molecule has 172 valence electrons. The molecule has 2 heterocycles. The fourth-order valence-corrected chi connectivity index (χ4v) is 4.61. The van der Waals surface area contributed by atoms with Crippen molar-refractivity contribution in [1.82, 2.24) is 15.1 Å². The number of nitrogens with zero attached hydrogens (tertiary/aromatic N) is 3. The molecule has 1 unspecified atom stereocenters. The fourth-order valence-electron chi connectivity index (χ4n) is 4.61. The minimum Gasteiger partial charge on any atom is -0.497 e. The van der Waals surface area contributed by atoms with E-state index in [4.69, 9.17) is 9.47 Å². The third kappa shape index (κ3) is 5.27. The zero-order valence-electron chi connectivity index (χ0n) is 19.1. The molecule has 0 bridgehead atoms. The maximum atomic E-state index is 12.9. The number of ether oxygens (including phenoxy) is 2. The van der Waals surface area contributed by atoms with E-state index in [9.17, 15) is 4.79 Å². The monoisotopic (exact) mass is 438 g/mol. The quantitative estimate of drug-likeness (QED) is 0.718. The minimum absolute atomic E-state index is 0.0213. The molecule has 1 atom stereocenters. The first-order chi connectivity index (χ1) is 15.7. The second kappa shape index (κ2) is 10.6. The molecule has 0 aromatic heterocycles. The third-order valence-electron chi connectivity index (χ3n) is 6.51. The molecule has 2 amide bonds. The Hall–Kier alpha value is -2.93. The predicted molar refractivity (Wildman–Crippen MR) is 127 cm³/mol. The highest BCUT2D eigenvalue weighted by Gasteiger charge is 2.26. The summed E-state index contributed by atoms with van der Waals surface area (Å²) in [5.74, 6) is 1.71. The van der Waals surface area contributed by atoms with Crippen LogP contribution in [0.3, 0.4) is 0 Å². The van der Waals surface area contributed by atoms with Gasteiger partial charge in [0.2, 0.25) is 0 Å². The zero-order chi connectivity index (χ0) is 22.3. The van der Waals surface area contributed by atoms with Crippen molar-refractivity contribution in [2.24, 2.45) is 0 Å². The second-order valence-electron chi connectivity index (χ2n) is 8.39. The Bertz CT molecular complexity index is 875.